The Balaban J connectivity index is 1.35. The van der Waals surface area contributed by atoms with Crippen LogP contribution in [-0.4, -0.2) is 28.1 Å². The number of hydrogen-bond acceptors (Lipinski definition) is 4. The van der Waals surface area contributed by atoms with Gasteiger partial charge < -0.3 is 4.52 Å². The minimum Gasteiger partial charge on any atom is -0.338 e. The first kappa shape index (κ1) is 18.2. The van der Waals surface area contributed by atoms with E-state index in [1.807, 2.05) is 30.3 Å². The number of benzene rings is 2. The fourth-order valence-corrected chi connectivity index (χ4v) is 3.36. The van der Waals surface area contributed by atoms with Gasteiger partial charge in [-0.15, -0.1) is 0 Å². The molecule has 0 atom stereocenters. The Bertz CT molecular complexity index is 844. The first-order chi connectivity index (χ1) is 13.2. The van der Waals surface area contributed by atoms with Crippen molar-refractivity contribution in [2.45, 2.75) is 32.2 Å². The minimum atomic E-state index is 0.706. The number of halogens is 1. The SMILES string of the molecule is Clc1ccc(CCN(Cc2nc(Cc3ccccc3)no2)CC2CC2)cc1. The van der Waals surface area contributed by atoms with E-state index in [-0.39, 0.29) is 0 Å². The second kappa shape index (κ2) is 8.68. The molecule has 140 valence electrons. The van der Waals surface area contributed by atoms with E-state index in [0.29, 0.717) is 18.9 Å². The third-order valence-corrected chi connectivity index (χ3v) is 5.17. The largest absolute Gasteiger partial charge is 0.338 e. The van der Waals surface area contributed by atoms with Crippen LogP contribution in [0.15, 0.2) is 59.1 Å². The molecule has 0 radical (unpaired) electrons. The third kappa shape index (κ3) is 5.65. The van der Waals surface area contributed by atoms with Crippen LogP contribution in [0.25, 0.3) is 0 Å². The highest BCUT2D eigenvalue weighted by molar-refractivity contribution is 6.30. The molecule has 1 heterocycles. The maximum absolute atomic E-state index is 5.98. The lowest BCUT2D eigenvalue weighted by atomic mass is 10.1. The predicted molar refractivity (Wildman–Crippen MR) is 107 cm³/mol. The Kier molecular flexibility index (Phi) is 5.85. The summed E-state index contributed by atoms with van der Waals surface area (Å²) in [6.45, 7) is 2.80. The molecule has 1 aliphatic rings. The van der Waals surface area contributed by atoms with Crippen LogP contribution in [-0.2, 0) is 19.4 Å². The minimum absolute atomic E-state index is 0.706. The molecule has 4 nitrogen and oxygen atoms in total. The standard InChI is InChI=1S/C22H24ClN3O/c23-20-10-8-17(9-11-20)12-13-26(15-19-6-7-19)16-22-24-21(25-27-22)14-18-4-2-1-3-5-18/h1-5,8-11,19H,6-7,12-16H2. The Morgan fingerprint density at radius 2 is 1.78 bits per heavy atom. The van der Waals surface area contributed by atoms with E-state index in [2.05, 4.69) is 39.3 Å². The Hall–Kier alpha value is -2.17. The number of nitrogens with zero attached hydrogens (tertiary/aromatic N) is 3. The summed E-state index contributed by atoms with van der Waals surface area (Å²) in [5, 5.41) is 4.94. The zero-order valence-corrected chi connectivity index (χ0v) is 16.1. The van der Waals surface area contributed by atoms with E-state index < -0.39 is 0 Å². The average Bonchev–Trinajstić information content (AvgIpc) is 3.40. The van der Waals surface area contributed by atoms with Gasteiger partial charge in [0, 0.05) is 24.5 Å². The van der Waals surface area contributed by atoms with Gasteiger partial charge in [-0.3, -0.25) is 4.90 Å². The van der Waals surface area contributed by atoms with Crippen LogP contribution < -0.4 is 0 Å². The molecule has 1 saturated carbocycles. The van der Waals surface area contributed by atoms with Gasteiger partial charge in [0.1, 0.15) is 0 Å². The van der Waals surface area contributed by atoms with Gasteiger partial charge in [0.25, 0.3) is 0 Å². The summed E-state index contributed by atoms with van der Waals surface area (Å²) in [6.07, 6.45) is 4.37. The normalized spacial score (nSPS) is 14.0. The van der Waals surface area contributed by atoms with E-state index in [0.717, 1.165) is 36.3 Å². The number of hydrogen-bond donors (Lipinski definition) is 0. The summed E-state index contributed by atoms with van der Waals surface area (Å²) in [5.74, 6) is 2.28. The topological polar surface area (TPSA) is 42.2 Å². The van der Waals surface area contributed by atoms with Crippen molar-refractivity contribution in [2.24, 2.45) is 5.92 Å². The molecule has 4 rings (SSSR count). The zero-order valence-electron chi connectivity index (χ0n) is 15.4. The van der Waals surface area contributed by atoms with Crippen LogP contribution >= 0.6 is 11.6 Å². The molecule has 5 heteroatoms. The van der Waals surface area contributed by atoms with Crippen LogP contribution in [0.4, 0.5) is 0 Å². The van der Waals surface area contributed by atoms with E-state index in [9.17, 15) is 0 Å². The molecule has 0 bridgehead atoms. The molecule has 0 N–H and O–H groups in total. The summed E-state index contributed by atoms with van der Waals surface area (Å²) in [6, 6.07) is 18.4. The molecule has 0 saturated heterocycles. The summed E-state index contributed by atoms with van der Waals surface area (Å²) in [7, 11) is 0. The fraction of sp³-hybridized carbons (Fsp3) is 0.364. The molecule has 0 amide bonds. The lowest BCUT2D eigenvalue weighted by Crippen LogP contribution is -2.28. The van der Waals surface area contributed by atoms with Crippen LogP contribution in [0, 0.1) is 5.92 Å². The van der Waals surface area contributed by atoms with Crippen LogP contribution in [0.1, 0.15) is 35.7 Å². The number of rotatable bonds is 9. The Morgan fingerprint density at radius 1 is 1.00 bits per heavy atom. The van der Waals surface area contributed by atoms with E-state index in [4.69, 9.17) is 16.1 Å². The monoisotopic (exact) mass is 381 g/mol. The highest BCUT2D eigenvalue weighted by atomic mass is 35.5. The van der Waals surface area contributed by atoms with E-state index >= 15 is 0 Å². The highest BCUT2D eigenvalue weighted by Crippen LogP contribution is 2.30. The predicted octanol–water partition coefficient (Wildman–Crippen LogP) is 4.77. The lowest BCUT2D eigenvalue weighted by Gasteiger charge is -2.20. The first-order valence-corrected chi connectivity index (χ1v) is 9.94. The first-order valence-electron chi connectivity index (χ1n) is 9.57. The van der Waals surface area contributed by atoms with Crippen molar-refractivity contribution in [3.8, 4) is 0 Å². The van der Waals surface area contributed by atoms with Crippen molar-refractivity contribution >= 4 is 11.6 Å². The van der Waals surface area contributed by atoms with Gasteiger partial charge >= 0.3 is 0 Å². The van der Waals surface area contributed by atoms with Crippen molar-refractivity contribution in [1.29, 1.82) is 0 Å². The van der Waals surface area contributed by atoms with Crippen LogP contribution in [0.5, 0.6) is 0 Å². The average molecular weight is 382 g/mol. The molecular weight excluding hydrogens is 358 g/mol. The fourth-order valence-electron chi connectivity index (χ4n) is 3.23. The van der Waals surface area contributed by atoms with Crippen molar-refractivity contribution in [3.63, 3.8) is 0 Å². The molecule has 0 spiro atoms. The van der Waals surface area contributed by atoms with E-state index in [1.165, 1.54) is 24.0 Å². The van der Waals surface area contributed by atoms with Gasteiger partial charge in [-0.25, -0.2) is 0 Å². The van der Waals surface area contributed by atoms with Crippen molar-refractivity contribution in [2.75, 3.05) is 13.1 Å². The molecule has 2 aromatic carbocycles. The van der Waals surface area contributed by atoms with E-state index in [1.54, 1.807) is 0 Å². The summed E-state index contributed by atoms with van der Waals surface area (Å²) in [5.41, 5.74) is 2.50. The van der Waals surface area contributed by atoms with Crippen LogP contribution in [0.3, 0.4) is 0 Å². The second-order valence-corrected chi connectivity index (χ2v) is 7.76. The maximum atomic E-state index is 5.98. The van der Waals surface area contributed by atoms with Gasteiger partial charge in [0.05, 0.1) is 6.54 Å². The summed E-state index contributed by atoms with van der Waals surface area (Å²) in [4.78, 5) is 7.04. The van der Waals surface area contributed by atoms with Gasteiger partial charge in [0.2, 0.25) is 5.89 Å². The summed E-state index contributed by atoms with van der Waals surface area (Å²) >= 11 is 5.98. The lowest BCUT2D eigenvalue weighted by molar-refractivity contribution is 0.220. The molecule has 0 unspecified atom stereocenters. The van der Waals surface area contributed by atoms with Gasteiger partial charge in [0.15, 0.2) is 5.82 Å². The molecule has 1 aromatic heterocycles. The quantitative estimate of drug-likeness (QED) is 0.535. The van der Waals surface area contributed by atoms with Crippen molar-refractivity contribution in [1.82, 2.24) is 15.0 Å². The van der Waals surface area contributed by atoms with Crippen LogP contribution in [0.2, 0.25) is 5.02 Å². The molecule has 3 aromatic rings. The molecule has 1 fully saturated rings. The zero-order chi connectivity index (χ0) is 18.5. The van der Waals surface area contributed by atoms with Crippen molar-refractivity contribution in [3.05, 3.63) is 82.5 Å². The van der Waals surface area contributed by atoms with Crippen molar-refractivity contribution < 1.29 is 4.52 Å². The highest BCUT2D eigenvalue weighted by Gasteiger charge is 2.25. The molecule has 1 aliphatic carbocycles. The second-order valence-electron chi connectivity index (χ2n) is 7.32. The van der Waals surface area contributed by atoms with Gasteiger partial charge in [-0.1, -0.05) is 59.2 Å². The molecule has 0 aliphatic heterocycles. The Morgan fingerprint density at radius 3 is 2.52 bits per heavy atom. The summed E-state index contributed by atoms with van der Waals surface area (Å²) < 4.78 is 5.52. The smallest absolute Gasteiger partial charge is 0.240 e. The van der Waals surface area contributed by atoms with Gasteiger partial charge in [-0.2, -0.15) is 4.98 Å². The number of aromatic nitrogens is 2. The Labute approximate surface area is 165 Å². The third-order valence-electron chi connectivity index (χ3n) is 4.92. The molecular formula is C22H24ClN3O. The van der Waals surface area contributed by atoms with Gasteiger partial charge in [-0.05, 0) is 48.4 Å². The maximum Gasteiger partial charge on any atom is 0.240 e. The molecule has 27 heavy (non-hydrogen) atoms.